The number of amidine groups is 1. The second kappa shape index (κ2) is 5.78. The zero-order valence-electron chi connectivity index (χ0n) is 12.1. The summed E-state index contributed by atoms with van der Waals surface area (Å²) in [5.41, 5.74) is 8.43. The lowest BCUT2D eigenvalue weighted by Crippen LogP contribution is -2.12. The highest BCUT2D eigenvalue weighted by atomic mass is 16.5. The van der Waals surface area contributed by atoms with Crippen LogP contribution in [0.5, 0.6) is 11.5 Å². The summed E-state index contributed by atoms with van der Waals surface area (Å²) in [7, 11) is 0. The first-order valence-corrected chi connectivity index (χ1v) is 6.71. The number of nitrogens with one attached hydrogen (secondary N) is 1. The topological polar surface area (TPSA) is 59.1 Å². The summed E-state index contributed by atoms with van der Waals surface area (Å²) in [5.74, 6) is 1.89. The van der Waals surface area contributed by atoms with Gasteiger partial charge in [-0.15, -0.1) is 0 Å². The molecule has 2 aromatic carbocycles. The van der Waals surface area contributed by atoms with E-state index in [0.29, 0.717) is 17.2 Å². The molecular formula is C17H20N2O. The molecule has 0 amide bonds. The van der Waals surface area contributed by atoms with E-state index < -0.39 is 0 Å². The molecule has 0 saturated heterocycles. The second-order valence-electron chi connectivity index (χ2n) is 5.19. The van der Waals surface area contributed by atoms with Crippen molar-refractivity contribution >= 4 is 5.84 Å². The van der Waals surface area contributed by atoms with Gasteiger partial charge in [-0.05, 0) is 42.2 Å². The van der Waals surface area contributed by atoms with Gasteiger partial charge in [0.2, 0.25) is 0 Å². The van der Waals surface area contributed by atoms with Crippen molar-refractivity contribution in [3.8, 4) is 11.5 Å². The highest BCUT2D eigenvalue weighted by Gasteiger charge is 2.11. The second-order valence-corrected chi connectivity index (χ2v) is 5.19. The van der Waals surface area contributed by atoms with Crippen molar-refractivity contribution < 1.29 is 4.74 Å². The van der Waals surface area contributed by atoms with E-state index in [2.05, 4.69) is 19.9 Å². The maximum Gasteiger partial charge on any atom is 0.141 e. The monoisotopic (exact) mass is 268 g/mol. The SMILES string of the molecule is Cc1cccc(C(=N)N)c1Oc1cccc(C(C)C)c1. The Morgan fingerprint density at radius 1 is 1.15 bits per heavy atom. The molecule has 0 spiro atoms. The quantitative estimate of drug-likeness (QED) is 0.645. The van der Waals surface area contributed by atoms with E-state index in [1.807, 2.05) is 37.3 Å². The van der Waals surface area contributed by atoms with Gasteiger partial charge in [0.1, 0.15) is 17.3 Å². The summed E-state index contributed by atoms with van der Waals surface area (Å²) in [6, 6.07) is 13.6. The highest BCUT2D eigenvalue weighted by Crippen LogP contribution is 2.30. The number of nitrogen functional groups attached to an aromatic ring is 1. The van der Waals surface area contributed by atoms with E-state index in [1.54, 1.807) is 6.07 Å². The van der Waals surface area contributed by atoms with Gasteiger partial charge in [0.05, 0.1) is 5.56 Å². The number of benzene rings is 2. The standard InChI is InChI=1S/C17H20N2O/c1-11(2)13-7-5-8-14(10-13)20-16-12(3)6-4-9-15(16)17(18)19/h4-11H,1-3H3,(H3,18,19). The summed E-state index contributed by atoms with van der Waals surface area (Å²) in [6.07, 6.45) is 0. The summed E-state index contributed by atoms with van der Waals surface area (Å²) in [5, 5.41) is 7.65. The summed E-state index contributed by atoms with van der Waals surface area (Å²) in [4.78, 5) is 0. The fourth-order valence-electron chi connectivity index (χ4n) is 2.06. The zero-order chi connectivity index (χ0) is 14.7. The Morgan fingerprint density at radius 3 is 2.50 bits per heavy atom. The van der Waals surface area contributed by atoms with Crippen molar-refractivity contribution in [3.63, 3.8) is 0 Å². The Bertz CT molecular complexity index is 633. The van der Waals surface area contributed by atoms with Crippen molar-refractivity contribution in [2.75, 3.05) is 0 Å². The lowest BCUT2D eigenvalue weighted by atomic mass is 10.0. The first-order valence-electron chi connectivity index (χ1n) is 6.71. The normalized spacial score (nSPS) is 10.6. The molecule has 3 N–H and O–H groups in total. The number of rotatable bonds is 4. The average Bonchev–Trinajstić information content (AvgIpc) is 2.41. The van der Waals surface area contributed by atoms with E-state index in [4.69, 9.17) is 15.9 Å². The van der Waals surface area contributed by atoms with Crippen LogP contribution in [0.15, 0.2) is 42.5 Å². The third kappa shape index (κ3) is 2.99. The van der Waals surface area contributed by atoms with Crippen LogP contribution in [0.2, 0.25) is 0 Å². The predicted molar refractivity (Wildman–Crippen MR) is 82.8 cm³/mol. The molecule has 0 fully saturated rings. The van der Waals surface area contributed by atoms with Crippen LogP contribution in [0, 0.1) is 12.3 Å². The molecule has 0 aromatic heterocycles. The molecule has 2 rings (SSSR count). The Kier molecular flexibility index (Phi) is 4.08. The van der Waals surface area contributed by atoms with Crippen molar-refractivity contribution in [1.29, 1.82) is 5.41 Å². The molecule has 0 unspecified atom stereocenters. The van der Waals surface area contributed by atoms with Crippen molar-refractivity contribution in [2.24, 2.45) is 5.73 Å². The van der Waals surface area contributed by atoms with E-state index in [9.17, 15) is 0 Å². The molecule has 0 saturated carbocycles. The molecular weight excluding hydrogens is 248 g/mol. The maximum absolute atomic E-state index is 7.65. The maximum atomic E-state index is 7.65. The van der Waals surface area contributed by atoms with Gasteiger partial charge < -0.3 is 10.5 Å². The molecule has 20 heavy (non-hydrogen) atoms. The van der Waals surface area contributed by atoms with Gasteiger partial charge in [-0.3, -0.25) is 5.41 Å². The average molecular weight is 268 g/mol. The number of hydrogen-bond acceptors (Lipinski definition) is 2. The van der Waals surface area contributed by atoms with Crippen molar-refractivity contribution in [2.45, 2.75) is 26.7 Å². The van der Waals surface area contributed by atoms with Crippen LogP contribution < -0.4 is 10.5 Å². The molecule has 3 nitrogen and oxygen atoms in total. The van der Waals surface area contributed by atoms with Gasteiger partial charge in [-0.25, -0.2) is 0 Å². The first-order chi connectivity index (χ1) is 9.49. The molecule has 0 radical (unpaired) electrons. The van der Waals surface area contributed by atoms with Gasteiger partial charge in [-0.1, -0.05) is 38.1 Å². The molecule has 0 bridgehead atoms. The molecule has 0 aliphatic rings. The van der Waals surface area contributed by atoms with Crippen LogP contribution in [-0.2, 0) is 0 Å². The lowest BCUT2D eigenvalue weighted by Gasteiger charge is -2.14. The van der Waals surface area contributed by atoms with Gasteiger partial charge in [-0.2, -0.15) is 0 Å². The van der Waals surface area contributed by atoms with Crippen LogP contribution in [0.4, 0.5) is 0 Å². The zero-order valence-corrected chi connectivity index (χ0v) is 12.1. The number of hydrogen-bond donors (Lipinski definition) is 2. The minimum absolute atomic E-state index is 0.0173. The van der Waals surface area contributed by atoms with Gasteiger partial charge >= 0.3 is 0 Å². The largest absolute Gasteiger partial charge is 0.456 e. The van der Waals surface area contributed by atoms with Crippen LogP contribution in [0.1, 0.15) is 36.5 Å². The number of ether oxygens (including phenoxy) is 1. The minimum Gasteiger partial charge on any atom is -0.456 e. The summed E-state index contributed by atoms with van der Waals surface area (Å²) in [6.45, 7) is 6.25. The molecule has 2 aromatic rings. The smallest absolute Gasteiger partial charge is 0.141 e. The van der Waals surface area contributed by atoms with Crippen LogP contribution >= 0.6 is 0 Å². The van der Waals surface area contributed by atoms with Crippen molar-refractivity contribution in [1.82, 2.24) is 0 Å². The number of para-hydroxylation sites is 1. The van der Waals surface area contributed by atoms with E-state index in [1.165, 1.54) is 5.56 Å². The fourth-order valence-corrected chi connectivity index (χ4v) is 2.06. The first kappa shape index (κ1) is 14.1. The van der Waals surface area contributed by atoms with Crippen LogP contribution in [-0.4, -0.2) is 5.84 Å². The fraction of sp³-hybridized carbons (Fsp3) is 0.235. The summed E-state index contributed by atoms with van der Waals surface area (Å²) < 4.78 is 5.97. The Labute approximate surface area is 119 Å². The summed E-state index contributed by atoms with van der Waals surface area (Å²) >= 11 is 0. The molecule has 0 aliphatic carbocycles. The lowest BCUT2D eigenvalue weighted by molar-refractivity contribution is 0.476. The van der Waals surface area contributed by atoms with Gasteiger partial charge in [0.25, 0.3) is 0 Å². The van der Waals surface area contributed by atoms with Crippen molar-refractivity contribution in [3.05, 3.63) is 59.2 Å². The van der Waals surface area contributed by atoms with E-state index in [0.717, 1.165) is 11.3 Å². The number of aryl methyl sites for hydroxylation is 1. The van der Waals surface area contributed by atoms with E-state index >= 15 is 0 Å². The Balaban J connectivity index is 2.40. The van der Waals surface area contributed by atoms with Gasteiger partial charge in [0.15, 0.2) is 0 Å². The molecule has 0 aliphatic heterocycles. The minimum atomic E-state index is 0.0173. The van der Waals surface area contributed by atoms with Gasteiger partial charge in [0, 0.05) is 0 Å². The van der Waals surface area contributed by atoms with Crippen LogP contribution in [0.3, 0.4) is 0 Å². The molecule has 104 valence electrons. The number of nitrogens with two attached hydrogens (primary N) is 1. The van der Waals surface area contributed by atoms with E-state index in [-0.39, 0.29) is 5.84 Å². The Morgan fingerprint density at radius 2 is 1.85 bits per heavy atom. The molecule has 3 heteroatoms. The Hall–Kier alpha value is -2.29. The molecule has 0 atom stereocenters. The highest BCUT2D eigenvalue weighted by molar-refractivity contribution is 5.98. The van der Waals surface area contributed by atoms with Crippen LogP contribution in [0.25, 0.3) is 0 Å². The molecule has 0 heterocycles. The third-order valence-electron chi connectivity index (χ3n) is 3.25. The predicted octanol–water partition coefficient (Wildman–Crippen LogP) is 4.19. The third-order valence-corrected chi connectivity index (χ3v) is 3.25.